The molecule has 288 valence electrons. The van der Waals surface area contributed by atoms with E-state index in [-0.39, 0.29) is 23.6 Å². The Morgan fingerprint density at radius 3 is 1.89 bits per heavy atom. The Hall–Kier alpha value is -5.60. The predicted octanol–water partition coefficient (Wildman–Crippen LogP) is 6.39. The SMILES string of the molecule is C=CN(/C=N/CCSSCC[n+]1ccn(CCCNc2ccc3c4c(cccc24)C(=O)N(C)C3=O)c1)CCCNc1ccc2c3c(cccc13)C(=O)N(C)C2=O. The van der Waals surface area contributed by atoms with Crippen molar-refractivity contribution in [3.8, 4) is 0 Å². The van der Waals surface area contributed by atoms with Crippen molar-refractivity contribution in [2.24, 2.45) is 4.99 Å². The molecule has 1 aromatic heterocycles. The largest absolute Gasteiger partial charge is 0.384 e. The Morgan fingerprint density at radius 1 is 0.750 bits per heavy atom. The molecule has 0 fully saturated rings. The first kappa shape index (κ1) is 38.7. The fourth-order valence-electron chi connectivity index (χ4n) is 7.12. The van der Waals surface area contributed by atoms with Gasteiger partial charge in [-0.1, -0.05) is 52.4 Å². The van der Waals surface area contributed by atoms with E-state index in [2.05, 4.69) is 50.1 Å². The van der Waals surface area contributed by atoms with Gasteiger partial charge in [-0.3, -0.25) is 34.0 Å². The number of amides is 4. The molecule has 56 heavy (non-hydrogen) atoms. The molecule has 2 aliphatic rings. The minimum atomic E-state index is -0.273. The van der Waals surface area contributed by atoms with E-state index in [1.54, 1.807) is 24.4 Å². The zero-order chi connectivity index (χ0) is 39.2. The van der Waals surface area contributed by atoms with Crippen molar-refractivity contribution in [1.29, 1.82) is 0 Å². The summed E-state index contributed by atoms with van der Waals surface area (Å²) in [4.78, 5) is 59.7. The lowest BCUT2D eigenvalue weighted by Gasteiger charge is -2.24. The number of anilines is 2. The number of hydrogen-bond donors (Lipinski definition) is 2. The number of carbonyl (C=O) groups is 4. The fourth-order valence-corrected chi connectivity index (χ4v) is 8.98. The monoisotopic (exact) mass is 789 g/mol. The van der Waals surface area contributed by atoms with Crippen LogP contribution in [0.1, 0.15) is 54.3 Å². The molecule has 2 N–H and O–H groups in total. The molecule has 0 radical (unpaired) electrons. The van der Waals surface area contributed by atoms with E-state index in [1.807, 2.05) is 75.3 Å². The van der Waals surface area contributed by atoms with Crippen LogP contribution in [0.5, 0.6) is 0 Å². The maximum atomic E-state index is 12.7. The Balaban J connectivity index is 0.765. The molecule has 12 nitrogen and oxygen atoms in total. The molecule has 0 atom stereocenters. The van der Waals surface area contributed by atoms with Crippen molar-refractivity contribution in [3.63, 3.8) is 0 Å². The molecule has 7 rings (SSSR count). The van der Waals surface area contributed by atoms with Crippen LogP contribution in [0, 0.1) is 0 Å². The van der Waals surface area contributed by atoms with E-state index in [9.17, 15) is 19.2 Å². The number of imide groups is 2. The van der Waals surface area contributed by atoms with Gasteiger partial charge >= 0.3 is 0 Å². The summed E-state index contributed by atoms with van der Waals surface area (Å²) in [6.07, 6.45) is 11.7. The number of carbonyl (C=O) groups excluding carboxylic acids is 4. The van der Waals surface area contributed by atoms with Crippen molar-refractivity contribution in [1.82, 2.24) is 19.3 Å². The molecule has 0 unspecified atom stereocenters. The number of rotatable bonds is 19. The van der Waals surface area contributed by atoms with Gasteiger partial charge in [-0.15, -0.1) is 0 Å². The van der Waals surface area contributed by atoms with E-state index >= 15 is 0 Å². The number of imidazole rings is 1. The molecule has 3 heterocycles. The zero-order valence-electron chi connectivity index (χ0n) is 31.6. The first-order valence-corrected chi connectivity index (χ1v) is 21.2. The quantitative estimate of drug-likeness (QED) is 0.0245. The molecule has 0 saturated carbocycles. The minimum absolute atomic E-state index is 0.264. The molecule has 0 saturated heterocycles. The van der Waals surface area contributed by atoms with Gasteiger partial charge in [-0.25, -0.2) is 9.13 Å². The van der Waals surface area contributed by atoms with Crippen LogP contribution in [-0.2, 0) is 13.1 Å². The van der Waals surface area contributed by atoms with E-state index < -0.39 is 0 Å². The topological polar surface area (TPSA) is 123 Å². The number of hydrogen-bond acceptors (Lipinski definition) is 9. The van der Waals surface area contributed by atoms with Crippen LogP contribution in [0.15, 0.2) is 97.2 Å². The van der Waals surface area contributed by atoms with Gasteiger partial charge in [0.1, 0.15) is 12.4 Å². The van der Waals surface area contributed by atoms with Crippen molar-refractivity contribution in [3.05, 3.63) is 114 Å². The molecule has 5 aromatic rings. The van der Waals surface area contributed by atoms with Gasteiger partial charge in [0.25, 0.3) is 23.6 Å². The molecule has 4 amide bonds. The third kappa shape index (κ3) is 8.03. The highest BCUT2D eigenvalue weighted by atomic mass is 33.1. The van der Waals surface area contributed by atoms with Crippen LogP contribution in [0.25, 0.3) is 21.5 Å². The van der Waals surface area contributed by atoms with Gasteiger partial charge in [0, 0.05) is 107 Å². The Labute approximate surface area is 334 Å². The number of benzene rings is 4. The van der Waals surface area contributed by atoms with Crippen molar-refractivity contribution < 1.29 is 23.7 Å². The maximum absolute atomic E-state index is 12.7. The molecule has 2 aliphatic heterocycles. The number of aryl methyl sites for hydroxylation is 2. The van der Waals surface area contributed by atoms with Crippen LogP contribution < -0.4 is 15.2 Å². The lowest BCUT2D eigenvalue weighted by molar-refractivity contribution is -0.691. The van der Waals surface area contributed by atoms with Gasteiger partial charge in [0.15, 0.2) is 0 Å². The van der Waals surface area contributed by atoms with Crippen LogP contribution >= 0.6 is 21.6 Å². The third-order valence-electron chi connectivity index (χ3n) is 10.1. The lowest BCUT2D eigenvalue weighted by Crippen LogP contribution is -2.36. The summed E-state index contributed by atoms with van der Waals surface area (Å²) in [7, 11) is 6.72. The average Bonchev–Trinajstić information content (AvgIpc) is 3.68. The second-order valence-corrected chi connectivity index (χ2v) is 16.4. The zero-order valence-corrected chi connectivity index (χ0v) is 33.2. The third-order valence-corrected chi connectivity index (χ3v) is 12.4. The van der Waals surface area contributed by atoms with Gasteiger partial charge < -0.3 is 15.5 Å². The maximum Gasteiger partial charge on any atom is 0.261 e. The number of aromatic nitrogens is 2. The van der Waals surface area contributed by atoms with Crippen molar-refractivity contribution in [2.75, 3.05) is 62.4 Å². The molecule has 0 bridgehead atoms. The molecule has 4 aromatic carbocycles. The summed E-state index contributed by atoms with van der Waals surface area (Å²) >= 11 is 0. The number of aliphatic imine (C=N–C) groups is 1. The molecular weight excluding hydrogens is 745 g/mol. The minimum Gasteiger partial charge on any atom is -0.384 e. The standard InChI is InChI=1S/C42H44N8O4S2/c1-4-48(20-7-17-44-35-15-13-33-37-29(35)9-5-11-31(37)39(51)46(2)41(33)53)27-43-19-25-55-56-26-24-50-23-22-49(28-50)21-8-18-45-36-16-14-34-38-30(36)10-6-12-32(38)40(52)47(3)42(34)54/h4-6,9-16,22-23,27-28H,1,7-8,17-21,24-26H2,2-3H3,(H-,44,45,51,52,53,54)/p+1/b43-27+. The second kappa shape index (κ2) is 17.5. The van der Waals surface area contributed by atoms with E-state index in [0.29, 0.717) is 34.2 Å². The summed E-state index contributed by atoms with van der Waals surface area (Å²) in [6.45, 7) is 8.68. The first-order chi connectivity index (χ1) is 27.3. The van der Waals surface area contributed by atoms with Gasteiger partial charge in [0.2, 0.25) is 6.33 Å². The van der Waals surface area contributed by atoms with Crippen LogP contribution in [0.2, 0.25) is 0 Å². The number of nitrogens with zero attached hydrogens (tertiary/aromatic N) is 6. The van der Waals surface area contributed by atoms with Gasteiger partial charge in [-0.05, 0) is 49.0 Å². The van der Waals surface area contributed by atoms with E-state index in [0.717, 1.165) is 84.6 Å². The molecule has 0 spiro atoms. The van der Waals surface area contributed by atoms with E-state index in [1.165, 1.54) is 23.9 Å². The smallest absolute Gasteiger partial charge is 0.261 e. The Morgan fingerprint density at radius 2 is 1.30 bits per heavy atom. The molecule has 0 aliphatic carbocycles. The van der Waals surface area contributed by atoms with Crippen LogP contribution in [-0.4, -0.2) is 101 Å². The first-order valence-electron chi connectivity index (χ1n) is 18.7. The fraction of sp³-hybridized carbons (Fsp3) is 0.286. The Bertz CT molecular complexity index is 2310. The van der Waals surface area contributed by atoms with Crippen molar-refractivity contribution in [2.45, 2.75) is 25.9 Å². The van der Waals surface area contributed by atoms with Gasteiger partial charge in [-0.2, -0.15) is 0 Å². The molecule has 14 heteroatoms. The summed E-state index contributed by atoms with van der Waals surface area (Å²) in [5.41, 5.74) is 4.07. The highest BCUT2D eigenvalue weighted by molar-refractivity contribution is 8.76. The summed E-state index contributed by atoms with van der Waals surface area (Å²) < 4.78 is 4.40. The van der Waals surface area contributed by atoms with Crippen LogP contribution in [0.4, 0.5) is 11.4 Å². The summed E-state index contributed by atoms with van der Waals surface area (Å²) in [5, 5.41) is 10.2. The van der Waals surface area contributed by atoms with E-state index in [4.69, 9.17) is 0 Å². The predicted molar refractivity (Wildman–Crippen MR) is 227 cm³/mol. The van der Waals surface area contributed by atoms with Gasteiger partial charge in [0.05, 0.1) is 26.0 Å². The van der Waals surface area contributed by atoms with Crippen molar-refractivity contribution >= 4 is 84.5 Å². The summed E-state index contributed by atoms with van der Waals surface area (Å²) in [5.74, 6) is 0.835. The average molecular weight is 790 g/mol. The second-order valence-electron chi connectivity index (χ2n) is 13.7. The Kier molecular flexibility index (Phi) is 12.1. The summed E-state index contributed by atoms with van der Waals surface area (Å²) in [6, 6.07) is 18.7. The molecular formula is C42H45N8O4S2+. The highest BCUT2D eigenvalue weighted by Gasteiger charge is 2.32. The normalized spacial score (nSPS) is 13.8. The van der Waals surface area contributed by atoms with Crippen LogP contribution in [0.3, 0.4) is 0 Å². The lowest BCUT2D eigenvalue weighted by atomic mass is 9.93. The number of nitrogens with one attached hydrogen (secondary N) is 2. The highest BCUT2D eigenvalue weighted by Crippen LogP contribution is 2.35.